The Morgan fingerprint density at radius 1 is 0.478 bits per heavy atom. The van der Waals surface area contributed by atoms with Crippen molar-refractivity contribution in [2.75, 3.05) is 0 Å². The predicted molar refractivity (Wildman–Crippen MR) is 192 cm³/mol. The molecule has 1 aliphatic rings. The summed E-state index contributed by atoms with van der Waals surface area (Å²) in [4.78, 5) is 0. The van der Waals surface area contributed by atoms with Crippen LogP contribution in [0.5, 0.6) is 11.5 Å². The Balaban J connectivity index is 1.17. The first-order valence-corrected chi connectivity index (χ1v) is 15.4. The van der Waals surface area contributed by atoms with Gasteiger partial charge in [0.15, 0.2) is 0 Å². The highest BCUT2D eigenvalue weighted by molar-refractivity contribution is 6.19. The maximum atomic E-state index is 8.65. The molecule has 1 aromatic heterocycles. The van der Waals surface area contributed by atoms with Crippen molar-refractivity contribution in [2.45, 2.75) is 0 Å². The van der Waals surface area contributed by atoms with Crippen molar-refractivity contribution in [2.24, 2.45) is 0 Å². The number of hydrogen-bond donors (Lipinski definition) is 0. The summed E-state index contributed by atoms with van der Waals surface area (Å²) in [5.74, 6) is 1.40. The summed E-state index contributed by atoms with van der Waals surface area (Å²) in [7, 11) is 0. The zero-order valence-electron chi connectivity index (χ0n) is 29.6. The average Bonchev–Trinajstić information content (AvgIpc) is 3.51. The fraction of sp³-hybridized carbons (Fsp3) is 0. The van der Waals surface area contributed by atoms with E-state index in [2.05, 4.69) is 102 Å². The largest absolute Gasteiger partial charge is 0.456 e. The molecule has 0 N–H and O–H groups in total. The summed E-state index contributed by atoms with van der Waals surface area (Å²) >= 11 is 0. The van der Waals surface area contributed by atoms with Gasteiger partial charge in [0.2, 0.25) is 0 Å². The van der Waals surface area contributed by atoms with Crippen LogP contribution in [0.25, 0.3) is 82.4 Å². The van der Waals surface area contributed by atoms with Crippen LogP contribution in [-0.4, -0.2) is 4.57 Å². The molecular formula is C44H27NO. The SMILES string of the molecule is [2H]c1c([2H])c([2H])c(-c2ccc3c4c(cccc24)-c2cc(-c4ccc5c(c4)c4ccc6ccccc6c4n5-c4ccccc4)ccc2O3)c([2H])c1[2H]. The van der Waals surface area contributed by atoms with Crippen molar-refractivity contribution in [3.8, 4) is 50.6 Å². The Kier molecular flexibility index (Phi) is 4.37. The molecule has 214 valence electrons. The summed E-state index contributed by atoms with van der Waals surface area (Å²) in [5.41, 5.74) is 8.21. The lowest BCUT2D eigenvalue weighted by Crippen LogP contribution is -1.98. The molecule has 2 nitrogen and oxygen atoms in total. The van der Waals surface area contributed by atoms with Crippen molar-refractivity contribution in [1.82, 2.24) is 4.57 Å². The molecule has 0 saturated heterocycles. The predicted octanol–water partition coefficient (Wildman–Crippen LogP) is 12.2. The van der Waals surface area contributed by atoms with E-state index in [9.17, 15) is 0 Å². The van der Waals surface area contributed by atoms with Gasteiger partial charge in [0.1, 0.15) is 11.5 Å². The van der Waals surface area contributed by atoms with E-state index in [4.69, 9.17) is 11.6 Å². The molecule has 0 bridgehead atoms. The molecule has 0 atom stereocenters. The van der Waals surface area contributed by atoms with Gasteiger partial charge in [-0.1, -0.05) is 121 Å². The van der Waals surface area contributed by atoms with E-state index in [0.29, 0.717) is 11.3 Å². The lowest BCUT2D eigenvalue weighted by atomic mass is 9.89. The third-order valence-corrected chi connectivity index (χ3v) is 9.26. The molecule has 0 aliphatic carbocycles. The number of hydrogen-bond acceptors (Lipinski definition) is 1. The second kappa shape index (κ2) is 9.69. The van der Waals surface area contributed by atoms with Crippen LogP contribution >= 0.6 is 0 Å². The molecule has 0 radical (unpaired) electrons. The number of fused-ring (bicyclic) bond motifs is 7. The van der Waals surface area contributed by atoms with E-state index in [0.717, 1.165) is 50.0 Å². The molecule has 0 unspecified atom stereocenters. The number of para-hydroxylation sites is 1. The van der Waals surface area contributed by atoms with E-state index in [-0.39, 0.29) is 29.7 Å². The third kappa shape index (κ3) is 3.65. The van der Waals surface area contributed by atoms with Crippen LogP contribution in [-0.2, 0) is 0 Å². The normalized spacial score (nSPS) is 13.6. The monoisotopic (exact) mass is 590 g/mol. The van der Waals surface area contributed by atoms with Crippen LogP contribution in [0.1, 0.15) is 6.85 Å². The van der Waals surface area contributed by atoms with Crippen molar-refractivity contribution in [1.29, 1.82) is 0 Å². The van der Waals surface area contributed by atoms with Gasteiger partial charge >= 0.3 is 0 Å². The molecule has 1 aliphatic heterocycles. The fourth-order valence-electron chi connectivity index (χ4n) is 7.22. The maximum absolute atomic E-state index is 8.65. The summed E-state index contributed by atoms with van der Waals surface area (Å²) in [6.45, 7) is 0. The summed E-state index contributed by atoms with van der Waals surface area (Å²) in [5, 5.41) is 6.37. The number of benzene rings is 8. The first-order valence-electron chi connectivity index (χ1n) is 17.9. The van der Waals surface area contributed by atoms with Crippen molar-refractivity contribution in [3.63, 3.8) is 0 Å². The molecule has 0 saturated carbocycles. The maximum Gasteiger partial charge on any atom is 0.135 e. The van der Waals surface area contributed by atoms with Crippen molar-refractivity contribution in [3.05, 3.63) is 164 Å². The number of aromatic nitrogens is 1. The highest BCUT2D eigenvalue weighted by Gasteiger charge is 2.23. The second-order valence-electron chi connectivity index (χ2n) is 11.7. The summed E-state index contributed by atoms with van der Waals surface area (Å²) < 4.78 is 50.8. The minimum Gasteiger partial charge on any atom is -0.456 e. The smallest absolute Gasteiger partial charge is 0.135 e. The molecule has 0 spiro atoms. The Morgan fingerprint density at radius 2 is 1.26 bits per heavy atom. The molecule has 8 aromatic carbocycles. The van der Waals surface area contributed by atoms with E-state index in [1.807, 2.05) is 30.3 Å². The van der Waals surface area contributed by atoms with Crippen molar-refractivity contribution < 1.29 is 11.6 Å². The van der Waals surface area contributed by atoms with Crippen LogP contribution < -0.4 is 4.74 Å². The van der Waals surface area contributed by atoms with Crippen LogP contribution in [0.3, 0.4) is 0 Å². The standard InChI is InChI=1S/C44H27NO/c1-3-10-28(11-4-1)33-22-25-42-43-35(33)16-9-17-36(43)39-27-31(20-24-41(39)46-42)30-19-23-40-38(26-30)37-21-18-29-12-7-8-15-34(29)44(37)45(40)32-13-5-2-6-14-32/h1-27H/i1D,3D,4D,10D,11D. The van der Waals surface area contributed by atoms with Gasteiger partial charge < -0.3 is 9.30 Å². The zero-order chi connectivity index (χ0) is 34.5. The quantitative estimate of drug-likeness (QED) is 0.200. The van der Waals surface area contributed by atoms with Gasteiger partial charge in [-0.2, -0.15) is 0 Å². The molecule has 0 fully saturated rings. The van der Waals surface area contributed by atoms with E-state index < -0.39 is 6.04 Å². The van der Waals surface area contributed by atoms with Gasteiger partial charge in [0, 0.05) is 32.8 Å². The van der Waals surface area contributed by atoms with Gasteiger partial charge in [0.25, 0.3) is 0 Å². The average molecular weight is 591 g/mol. The zero-order valence-corrected chi connectivity index (χ0v) is 24.6. The Labute approximate surface area is 273 Å². The van der Waals surface area contributed by atoms with Gasteiger partial charge in [0.05, 0.1) is 17.9 Å². The third-order valence-electron chi connectivity index (χ3n) is 9.26. The van der Waals surface area contributed by atoms with E-state index in [1.165, 1.54) is 27.1 Å². The van der Waals surface area contributed by atoms with Gasteiger partial charge in [-0.05, 0) is 81.1 Å². The molecule has 2 heterocycles. The lowest BCUT2D eigenvalue weighted by molar-refractivity contribution is 0.487. The number of rotatable bonds is 3. The number of ether oxygens (including phenoxy) is 1. The van der Waals surface area contributed by atoms with Gasteiger partial charge in [-0.3, -0.25) is 0 Å². The van der Waals surface area contributed by atoms with Crippen molar-refractivity contribution >= 4 is 43.4 Å². The summed E-state index contributed by atoms with van der Waals surface area (Å²) in [6.07, 6.45) is 0. The van der Waals surface area contributed by atoms with Gasteiger partial charge in [-0.25, -0.2) is 0 Å². The highest BCUT2D eigenvalue weighted by Crippen LogP contribution is 2.49. The highest BCUT2D eigenvalue weighted by atomic mass is 16.5. The first-order chi connectivity index (χ1) is 24.9. The Bertz CT molecular complexity index is 2920. The van der Waals surface area contributed by atoms with Gasteiger partial charge in [-0.15, -0.1) is 0 Å². The minimum atomic E-state index is -0.405. The van der Waals surface area contributed by atoms with Crippen LogP contribution in [0.15, 0.2) is 164 Å². The summed E-state index contributed by atoms with van der Waals surface area (Å²) in [6, 6.07) is 44.4. The Hall–Kier alpha value is -6.12. The number of nitrogens with zero attached hydrogens (tertiary/aromatic N) is 1. The first kappa shape index (κ1) is 20.8. The Morgan fingerprint density at radius 3 is 2.17 bits per heavy atom. The fourth-order valence-corrected chi connectivity index (χ4v) is 7.22. The molecular weight excluding hydrogens is 558 g/mol. The van der Waals surface area contributed by atoms with E-state index >= 15 is 0 Å². The lowest BCUT2D eigenvalue weighted by Gasteiger charge is -2.23. The molecule has 0 amide bonds. The topological polar surface area (TPSA) is 14.2 Å². The molecule has 10 rings (SSSR count). The molecule has 46 heavy (non-hydrogen) atoms. The van der Waals surface area contributed by atoms with E-state index in [1.54, 1.807) is 6.07 Å². The van der Waals surface area contributed by atoms with Crippen LogP contribution in [0.2, 0.25) is 0 Å². The van der Waals surface area contributed by atoms with Crippen LogP contribution in [0, 0.1) is 0 Å². The second-order valence-corrected chi connectivity index (χ2v) is 11.7. The molecule has 2 heteroatoms. The minimum absolute atomic E-state index is 0.181. The molecule has 9 aromatic rings. The van der Waals surface area contributed by atoms with Crippen LogP contribution in [0.4, 0.5) is 0 Å².